The van der Waals surface area contributed by atoms with Crippen molar-refractivity contribution in [1.29, 1.82) is 0 Å². The number of anilines is 1. The molecule has 0 bridgehead atoms. The van der Waals surface area contributed by atoms with Crippen LogP contribution in [-0.4, -0.2) is 41.3 Å². The zero-order valence-electron chi connectivity index (χ0n) is 14.7. The molecule has 0 aliphatic carbocycles. The fourth-order valence-electron chi connectivity index (χ4n) is 2.63. The van der Waals surface area contributed by atoms with Crippen LogP contribution in [-0.2, 0) is 6.54 Å². The third-order valence-corrected chi connectivity index (χ3v) is 4.06. The number of rotatable bonds is 8. The van der Waals surface area contributed by atoms with Gasteiger partial charge in [-0.1, -0.05) is 6.07 Å². The Labute approximate surface area is 147 Å². The summed E-state index contributed by atoms with van der Waals surface area (Å²) in [5.74, 6) is -0.245. The number of carbonyl (C=O) groups is 1. The summed E-state index contributed by atoms with van der Waals surface area (Å²) < 4.78 is 1.41. The summed E-state index contributed by atoms with van der Waals surface area (Å²) in [4.78, 5) is 26.0. The van der Waals surface area contributed by atoms with Crippen molar-refractivity contribution in [2.45, 2.75) is 26.5 Å². The lowest BCUT2D eigenvalue weighted by Gasteiger charge is -2.21. The maximum Gasteiger partial charge on any atom is 0.251 e. The average molecular weight is 343 g/mol. The van der Waals surface area contributed by atoms with Crippen LogP contribution in [0.25, 0.3) is 0 Å². The van der Waals surface area contributed by atoms with Gasteiger partial charge in [-0.05, 0) is 44.2 Å². The number of nitrogens with zero attached hydrogens (tertiary/aromatic N) is 2. The lowest BCUT2D eigenvalue weighted by atomic mass is 10.1. The molecule has 1 amide bonds. The van der Waals surface area contributed by atoms with Crippen LogP contribution >= 0.6 is 0 Å². The van der Waals surface area contributed by atoms with Crippen LogP contribution in [0.5, 0.6) is 0 Å². The standard InChI is InChI=1S/C19H25N3O3/c1-3-21(4-2)16-10-8-15(9-11-16)19(25)20-13-17(23)14-22-12-6-5-7-18(22)24/h5-12,17,23H,3-4,13-14H2,1-2H3,(H,20,25). The molecule has 6 heteroatoms. The van der Waals surface area contributed by atoms with E-state index in [0.717, 1.165) is 18.8 Å². The van der Waals surface area contributed by atoms with E-state index in [1.54, 1.807) is 30.5 Å². The van der Waals surface area contributed by atoms with Gasteiger partial charge in [0.15, 0.2) is 0 Å². The zero-order chi connectivity index (χ0) is 18.2. The lowest BCUT2D eigenvalue weighted by Crippen LogP contribution is -2.36. The molecule has 0 spiro atoms. The molecule has 1 heterocycles. The van der Waals surface area contributed by atoms with E-state index in [1.165, 1.54) is 10.6 Å². The SMILES string of the molecule is CCN(CC)c1ccc(C(=O)NCC(O)Cn2ccccc2=O)cc1. The maximum atomic E-state index is 12.2. The minimum atomic E-state index is -0.834. The zero-order valence-corrected chi connectivity index (χ0v) is 14.7. The van der Waals surface area contributed by atoms with E-state index in [4.69, 9.17) is 0 Å². The second kappa shape index (κ2) is 9.03. The number of aromatic nitrogens is 1. The number of aliphatic hydroxyl groups excluding tert-OH is 1. The Kier molecular flexibility index (Phi) is 6.77. The Bertz CT molecular complexity index is 736. The smallest absolute Gasteiger partial charge is 0.251 e. The quantitative estimate of drug-likeness (QED) is 0.761. The third-order valence-electron chi connectivity index (χ3n) is 4.06. The van der Waals surface area contributed by atoms with Crippen LogP contribution in [0.15, 0.2) is 53.5 Å². The number of aliphatic hydroxyl groups is 1. The molecule has 1 aromatic carbocycles. The number of nitrogens with one attached hydrogen (secondary N) is 1. The van der Waals surface area contributed by atoms with Crippen molar-refractivity contribution in [3.8, 4) is 0 Å². The van der Waals surface area contributed by atoms with Gasteiger partial charge in [0.2, 0.25) is 0 Å². The second-order valence-corrected chi connectivity index (χ2v) is 5.77. The van der Waals surface area contributed by atoms with Gasteiger partial charge in [0.1, 0.15) is 0 Å². The highest BCUT2D eigenvalue weighted by atomic mass is 16.3. The van der Waals surface area contributed by atoms with Crippen LogP contribution in [0.1, 0.15) is 24.2 Å². The molecule has 1 atom stereocenters. The maximum absolute atomic E-state index is 12.2. The Morgan fingerprint density at radius 3 is 2.44 bits per heavy atom. The van der Waals surface area contributed by atoms with Gasteiger partial charge in [0.05, 0.1) is 12.6 Å². The number of pyridine rings is 1. The van der Waals surface area contributed by atoms with E-state index in [2.05, 4.69) is 24.1 Å². The minimum absolute atomic E-state index is 0.0813. The summed E-state index contributed by atoms with van der Waals surface area (Å²) in [5, 5.41) is 12.7. The summed E-state index contributed by atoms with van der Waals surface area (Å²) in [7, 11) is 0. The fraction of sp³-hybridized carbons (Fsp3) is 0.368. The number of benzene rings is 1. The average Bonchev–Trinajstić information content (AvgIpc) is 2.63. The first-order chi connectivity index (χ1) is 12.0. The Morgan fingerprint density at radius 2 is 1.84 bits per heavy atom. The molecular formula is C19H25N3O3. The Balaban J connectivity index is 1.89. The van der Waals surface area contributed by atoms with Crippen LogP contribution in [0.4, 0.5) is 5.69 Å². The fourth-order valence-corrected chi connectivity index (χ4v) is 2.63. The van der Waals surface area contributed by atoms with Gasteiger partial charge in [0.25, 0.3) is 11.5 Å². The van der Waals surface area contributed by atoms with Gasteiger partial charge in [-0.25, -0.2) is 0 Å². The van der Waals surface area contributed by atoms with Crippen molar-refractivity contribution in [3.05, 3.63) is 64.6 Å². The predicted molar refractivity (Wildman–Crippen MR) is 99.0 cm³/mol. The molecule has 6 nitrogen and oxygen atoms in total. The molecule has 134 valence electrons. The van der Waals surface area contributed by atoms with Gasteiger partial charge < -0.3 is 19.9 Å². The molecule has 0 saturated carbocycles. The third kappa shape index (κ3) is 5.19. The number of amides is 1. The molecule has 1 aromatic heterocycles. The molecule has 0 aliphatic heterocycles. The van der Waals surface area contributed by atoms with E-state index >= 15 is 0 Å². The summed E-state index contributed by atoms with van der Waals surface area (Å²) >= 11 is 0. The molecule has 1 unspecified atom stereocenters. The summed E-state index contributed by atoms with van der Waals surface area (Å²) in [5.41, 5.74) is 1.44. The highest BCUT2D eigenvalue weighted by molar-refractivity contribution is 5.94. The van der Waals surface area contributed by atoms with Gasteiger partial charge in [0, 0.05) is 43.1 Å². The lowest BCUT2D eigenvalue weighted by molar-refractivity contribution is 0.0903. The van der Waals surface area contributed by atoms with Crippen LogP contribution in [0.2, 0.25) is 0 Å². The normalized spacial score (nSPS) is 11.8. The molecule has 0 saturated heterocycles. The van der Waals surface area contributed by atoms with Crippen molar-refractivity contribution in [2.24, 2.45) is 0 Å². The second-order valence-electron chi connectivity index (χ2n) is 5.77. The van der Waals surface area contributed by atoms with Gasteiger partial charge in [-0.2, -0.15) is 0 Å². The first-order valence-electron chi connectivity index (χ1n) is 8.51. The topological polar surface area (TPSA) is 74.6 Å². The van der Waals surface area contributed by atoms with Crippen molar-refractivity contribution in [3.63, 3.8) is 0 Å². The van der Waals surface area contributed by atoms with Crippen LogP contribution in [0, 0.1) is 0 Å². The van der Waals surface area contributed by atoms with E-state index < -0.39 is 6.10 Å². The van der Waals surface area contributed by atoms with E-state index in [-0.39, 0.29) is 24.6 Å². The monoisotopic (exact) mass is 343 g/mol. The Hall–Kier alpha value is -2.60. The number of carbonyl (C=O) groups excluding carboxylic acids is 1. The first-order valence-corrected chi connectivity index (χ1v) is 8.51. The summed E-state index contributed by atoms with van der Waals surface area (Å²) in [6.45, 7) is 6.21. The van der Waals surface area contributed by atoms with Crippen LogP contribution < -0.4 is 15.8 Å². The van der Waals surface area contributed by atoms with Crippen molar-refractivity contribution in [1.82, 2.24) is 9.88 Å². The molecule has 0 radical (unpaired) electrons. The predicted octanol–water partition coefficient (Wildman–Crippen LogP) is 1.49. The van der Waals surface area contributed by atoms with Crippen LogP contribution in [0.3, 0.4) is 0 Å². The number of hydrogen-bond donors (Lipinski definition) is 2. The Morgan fingerprint density at radius 1 is 1.16 bits per heavy atom. The first kappa shape index (κ1) is 18.7. The summed E-state index contributed by atoms with van der Waals surface area (Å²) in [6.07, 6.45) is 0.776. The van der Waals surface area contributed by atoms with Crippen molar-refractivity contribution >= 4 is 11.6 Å². The summed E-state index contributed by atoms with van der Waals surface area (Å²) in [6, 6.07) is 12.2. The van der Waals surface area contributed by atoms with E-state index in [9.17, 15) is 14.7 Å². The molecular weight excluding hydrogens is 318 g/mol. The molecule has 0 fully saturated rings. The number of hydrogen-bond acceptors (Lipinski definition) is 4. The van der Waals surface area contributed by atoms with E-state index in [0.29, 0.717) is 5.56 Å². The van der Waals surface area contributed by atoms with Gasteiger partial charge in [-0.15, -0.1) is 0 Å². The van der Waals surface area contributed by atoms with Crippen molar-refractivity contribution in [2.75, 3.05) is 24.5 Å². The van der Waals surface area contributed by atoms with Gasteiger partial charge >= 0.3 is 0 Å². The molecule has 2 rings (SSSR count). The van der Waals surface area contributed by atoms with Crippen molar-refractivity contribution < 1.29 is 9.90 Å². The highest BCUT2D eigenvalue weighted by Crippen LogP contribution is 2.14. The largest absolute Gasteiger partial charge is 0.389 e. The molecule has 0 aliphatic rings. The van der Waals surface area contributed by atoms with E-state index in [1.807, 2.05) is 12.1 Å². The molecule has 25 heavy (non-hydrogen) atoms. The highest BCUT2D eigenvalue weighted by Gasteiger charge is 2.11. The van der Waals surface area contributed by atoms with Gasteiger partial charge in [-0.3, -0.25) is 9.59 Å². The molecule has 2 aromatic rings. The molecule has 2 N–H and O–H groups in total. The minimum Gasteiger partial charge on any atom is -0.389 e.